The molecule has 2 aromatic rings. The highest BCUT2D eigenvalue weighted by Gasteiger charge is 2.63. The number of rotatable bonds is 11. The Kier molecular flexibility index (Phi) is 11.4. The Balaban J connectivity index is 1.47. The molecule has 5 rings (SSSR count). The van der Waals surface area contributed by atoms with E-state index in [1.54, 1.807) is 39.2 Å². The lowest BCUT2D eigenvalue weighted by Crippen LogP contribution is -2.63. The SMILES string of the molecule is CN(C)c1cc(CN(CC(C)(C)C)C(=O)OCOC(=O)CCc2ccccc2)c(O)c2c1C[C@H]1C[C@H]3[C@H](N(C)C)C(O)=C(C(N)=O)C(=O)[C@@]3(O)C(O)=C1C2=O. The molecule has 0 bridgehead atoms. The number of nitrogens with zero attached hydrogens (tertiary/aromatic N) is 3. The number of primary amides is 1. The zero-order valence-corrected chi connectivity index (χ0v) is 32.2. The van der Waals surface area contributed by atoms with Gasteiger partial charge in [-0.15, -0.1) is 0 Å². The predicted molar refractivity (Wildman–Crippen MR) is 200 cm³/mol. The number of ketones is 2. The topological polar surface area (TPSA) is 220 Å². The Bertz CT molecular complexity index is 1960. The lowest BCUT2D eigenvalue weighted by molar-refractivity contribution is -0.152. The summed E-state index contributed by atoms with van der Waals surface area (Å²) in [6.07, 6.45) is -0.263. The molecule has 0 saturated heterocycles. The second kappa shape index (κ2) is 15.4. The van der Waals surface area contributed by atoms with Crippen LogP contribution in [0.2, 0.25) is 0 Å². The van der Waals surface area contributed by atoms with Gasteiger partial charge in [-0.25, -0.2) is 4.79 Å². The molecule has 0 fully saturated rings. The highest BCUT2D eigenvalue weighted by Crippen LogP contribution is 2.53. The van der Waals surface area contributed by atoms with Crippen molar-refractivity contribution in [3.8, 4) is 5.75 Å². The van der Waals surface area contributed by atoms with Crippen LogP contribution < -0.4 is 10.6 Å². The number of fused-ring (bicyclic) bond motifs is 3. The van der Waals surface area contributed by atoms with Crippen LogP contribution in [0.5, 0.6) is 5.75 Å². The molecule has 0 aliphatic heterocycles. The molecule has 2 amide bonds. The summed E-state index contributed by atoms with van der Waals surface area (Å²) in [6.45, 7) is 4.93. The molecule has 0 radical (unpaired) electrons. The van der Waals surface area contributed by atoms with Gasteiger partial charge in [0.2, 0.25) is 12.6 Å². The van der Waals surface area contributed by atoms with Gasteiger partial charge in [-0.2, -0.15) is 0 Å². The number of phenolic OH excluding ortho intramolecular Hbond substituents is 1. The third-order valence-electron chi connectivity index (χ3n) is 10.4. The number of aryl methyl sites for hydroxylation is 1. The van der Waals surface area contributed by atoms with Crippen LogP contribution in [-0.4, -0.2) is 113 Å². The lowest BCUT2D eigenvalue weighted by Gasteiger charge is -2.50. The first-order valence-corrected chi connectivity index (χ1v) is 18.0. The molecule has 15 nitrogen and oxygen atoms in total. The maximum atomic E-state index is 14.5. The minimum Gasteiger partial charge on any atom is -0.510 e. The molecule has 0 saturated carbocycles. The molecule has 0 spiro atoms. The molecule has 4 atom stereocenters. The van der Waals surface area contributed by atoms with E-state index in [1.165, 1.54) is 9.80 Å². The molecule has 55 heavy (non-hydrogen) atoms. The van der Waals surface area contributed by atoms with E-state index in [-0.39, 0.29) is 49.1 Å². The van der Waals surface area contributed by atoms with Gasteiger partial charge in [0.05, 0.1) is 18.2 Å². The van der Waals surface area contributed by atoms with Gasteiger partial charge in [-0.05, 0) is 61.9 Å². The maximum absolute atomic E-state index is 14.5. The fraction of sp³-hybridized carbons (Fsp3) is 0.475. The van der Waals surface area contributed by atoms with Crippen LogP contribution >= 0.6 is 0 Å². The van der Waals surface area contributed by atoms with Crippen molar-refractivity contribution >= 4 is 35.2 Å². The molecule has 0 heterocycles. The summed E-state index contributed by atoms with van der Waals surface area (Å²) in [7, 11) is 6.62. The van der Waals surface area contributed by atoms with Crippen molar-refractivity contribution in [2.24, 2.45) is 23.0 Å². The number of hydrogen-bond acceptors (Lipinski definition) is 13. The van der Waals surface area contributed by atoms with Crippen LogP contribution in [0, 0.1) is 17.3 Å². The number of Topliss-reactive ketones (excluding diaryl/α,β-unsaturated/α-hetero) is 2. The monoisotopic (exact) mass is 762 g/mol. The van der Waals surface area contributed by atoms with Crippen molar-refractivity contribution in [1.29, 1.82) is 0 Å². The smallest absolute Gasteiger partial charge is 0.412 e. The number of ether oxygens (including phenoxy) is 2. The van der Waals surface area contributed by atoms with Crippen molar-refractivity contribution in [3.63, 3.8) is 0 Å². The number of carbonyl (C=O) groups excluding carboxylic acids is 5. The standard InChI is InChI=1S/C40H50N4O11/c1-39(2,3)19-44(38(52)55-20-54-27(45)14-13-21-11-9-8-10-12-21)18-23-17-26(42(4)5)24-15-22-16-25-31(43(6)7)34(48)30(37(41)51)36(50)40(25,53)35(49)28(22)33(47)29(24)32(23)46/h8-12,17,22,25,31,46,48-49,53H,13-16,18-20H2,1-7H3,(H2,41,51)/t22-,25-,31-,40-/m0/s1. The number of hydrogen-bond donors (Lipinski definition) is 5. The van der Waals surface area contributed by atoms with Crippen molar-refractivity contribution in [3.05, 3.63) is 81.3 Å². The first-order valence-electron chi connectivity index (χ1n) is 18.0. The number of aromatic hydroxyl groups is 1. The van der Waals surface area contributed by atoms with E-state index in [2.05, 4.69) is 0 Å². The van der Waals surface area contributed by atoms with Crippen LogP contribution in [0.4, 0.5) is 10.5 Å². The van der Waals surface area contributed by atoms with Crippen LogP contribution in [0.15, 0.2) is 59.1 Å². The number of phenols is 1. The minimum absolute atomic E-state index is 0.0524. The molecule has 6 N–H and O–H groups in total. The molecule has 3 aliphatic carbocycles. The number of benzene rings is 2. The quantitative estimate of drug-likeness (QED) is 0.126. The third kappa shape index (κ3) is 7.76. The van der Waals surface area contributed by atoms with E-state index in [9.17, 15) is 44.4 Å². The van der Waals surface area contributed by atoms with Gasteiger partial charge in [-0.1, -0.05) is 51.1 Å². The van der Waals surface area contributed by atoms with Gasteiger partial charge in [0.15, 0.2) is 11.4 Å². The number of nitrogens with two attached hydrogens (primary N) is 1. The van der Waals surface area contributed by atoms with Gasteiger partial charge in [0.25, 0.3) is 5.91 Å². The van der Waals surface area contributed by atoms with Gasteiger partial charge in [-0.3, -0.25) is 24.1 Å². The number of amides is 2. The molecule has 15 heteroatoms. The number of aliphatic hydroxyl groups excluding tert-OH is 2. The lowest BCUT2D eigenvalue weighted by atomic mass is 9.58. The van der Waals surface area contributed by atoms with Crippen molar-refractivity contribution in [1.82, 2.24) is 9.80 Å². The Hall–Kier alpha value is -5.41. The van der Waals surface area contributed by atoms with E-state index in [4.69, 9.17) is 15.2 Å². The summed E-state index contributed by atoms with van der Waals surface area (Å²) in [4.78, 5) is 70.9. The summed E-state index contributed by atoms with van der Waals surface area (Å²) in [5, 5.41) is 46.5. The van der Waals surface area contributed by atoms with Crippen LogP contribution in [0.25, 0.3) is 0 Å². The van der Waals surface area contributed by atoms with Gasteiger partial charge in [0, 0.05) is 49.8 Å². The Morgan fingerprint density at radius 2 is 1.65 bits per heavy atom. The first-order chi connectivity index (χ1) is 25.7. The fourth-order valence-corrected chi connectivity index (χ4v) is 8.04. The summed E-state index contributed by atoms with van der Waals surface area (Å²) in [5.74, 6) is -8.04. The number of aliphatic hydroxyl groups is 3. The maximum Gasteiger partial charge on any atom is 0.412 e. The zero-order valence-electron chi connectivity index (χ0n) is 32.2. The van der Waals surface area contributed by atoms with E-state index in [1.807, 2.05) is 51.1 Å². The second-order valence-electron chi connectivity index (χ2n) is 16.1. The van der Waals surface area contributed by atoms with Crippen molar-refractivity contribution < 1.29 is 53.9 Å². The van der Waals surface area contributed by atoms with Gasteiger partial charge < -0.3 is 45.4 Å². The zero-order chi connectivity index (χ0) is 40.7. The van der Waals surface area contributed by atoms with E-state index >= 15 is 0 Å². The van der Waals surface area contributed by atoms with E-state index in [0.717, 1.165) is 5.56 Å². The summed E-state index contributed by atoms with van der Waals surface area (Å²) in [5.41, 5.74) is 2.93. The summed E-state index contributed by atoms with van der Waals surface area (Å²) >= 11 is 0. The average molecular weight is 763 g/mol. The molecule has 2 aromatic carbocycles. The number of allylic oxidation sites excluding steroid dienone is 1. The van der Waals surface area contributed by atoms with Crippen LogP contribution in [0.1, 0.15) is 60.7 Å². The molecule has 296 valence electrons. The normalized spacial score (nSPS) is 22.2. The highest BCUT2D eigenvalue weighted by atomic mass is 16.7. The first kappa shape index (κ1) is 40.8. The predicted octanol–water partition coefficient (Wildman–Crippen LogP) is 3.30. The Morgan fingerprint density at radius 3 is 2.24 bits per heavy atom. The summed E-state index contributed by atoms with van der Waals surface area (Å²) < 4.78 is 10.5. The van der Waals surface area contributed by atoms with Gasteiger partial charge in [0.1, 0.15) is 22.8 Å². The van der Waals surface area contributed by atoms with Gasteiger partial charge >= 0.3 is 12.1 Å². The van der Waals surface area contributed by atoms with E-state index in [0.29, 0.717) is 17.7 Å². The Labute approximate surface area is 319 Å². The highest BCUT2D eigenvalue weighted by molar-refractivity contribution is 6.25. The molecular formula is C40H50N4O11. The molecule has 3 aliphatic rings. The number of carbonyl (C=O) groups is 5. The summed E-state index contributed by atoms with van der Waals surface area (Å²) in [6, 6.07) is 9.92. The van der Waals surface area contributed by atoms with Crippen LogP contribution in [-0.2, 0) is 43.2 Å². The molecule has 0 aromatic heterocycles. The fourth-order valence-electron chi connectivity index (χ4n) is 8.04. The Morgan fingerprint density at radius 1 is 1.00 bits per heavy atom. The number of anilines is 1. The molecular weight excluding hydrogens is 712 g/mol. The number of esters is 1. The van der Waals surface area contributed by atoms with Crippen molar-refractivity contribution in [2.75, 3.05) is 46.4 Å². The minimum atomic E-state index is -2.78. The number of likely N-dealkylation sites (N-methyl/N-ethyl adjacent to an activating group) is 1. The van der Waals surface area contributed by atoms with E-state index < -0.39 is 88.1 Å². The van der Waals surface area contributed by atoms with Crippen molar-refractivity contribution in [2.45, 2.75) is 64.6 Å². The third-order valence-corrected chi connectivity index (χ3v) is 10.4. The molecule has 0 unspecified atom stereocenters. The largest absolute Gasteiger partial charge is 0.510 e. The second-order valence-corrected chi connectivity index (χ2v) is 16.1. The van der Waals surface area contributed by atoms with Crippen LogP contribution in [0.3, 0.4) is 0 Å². The average Bonchev–Trinajstić information content (AvgIpc) is 3.09.